The van der Waals surface area contributed by atoms with Crippen LogP contribution in [-0.4, -0.2) is 57.6 Å². The van der Waals surface area contributed by atoms with Crippen molar-refractivity contribution < 1.29 is 19.4 Å². The highest BCUT2D eigenvalue weighted by molar-refractivity contribution is 6.04. The summed E-state index contributed by atoms with van der Waals surface area (Å²) in [5.74, 6) is -0.0183. The van der Waals surface area contributed by atoms with Crippen molar-refractivity contribution in [3.8, 4) is 28.3 Å². The molecule has 11 nitrogen and oxygen atoms in total. The van der Waals surface area contributed by atoms with E-state index in [0.717, 1.165) is 62.0 Å². The second-order valence-electron chi connectivity index (χ2n) is 11.8. The first-order valence-corrected chi connectivity index (χ1v) is 15.0. The predicted octanol–water partition coefficient (Wildman–Crippen LogP) is 3.03. The third-order valence-corrected chi connectivity index (χ3v) is 8.99. The van der Waals surface area contributed by atoms with Crippen LogP contribution in [0.15, 0.2) is 58.3 Å². The number of amides is 1. The van der Waals surface area contributed by atoms with Gasteiger partial charge in [-0.1, -0.05) is 30.3 Å². The van der Waals surface area contributed by atoms with Crippen molar-refractivity contribution in [3.63, 3.8) is 0 Å². The van der Waals surface area contributed by atoms with E-state index in [2.05, 4.69) is 23.6 Å². The number of carbonyl (C=O) groups is 1. The van der Waals surface area contributed by atoms with Gasteiger partial charge in [-0.25, -0.2) is 9.78 Å². The van der Waals surface area contributed by atoms with E-state index in [0.29, 0.717) is 24.8 Å². The largest absolute Gasteiger partial charge is 0.481 e. The predicted molar refractivity (Wildman–Crippen MR) is 171 cm³/mol. The molecular weight excluding hydrogens is 574 g/mol. The first-order valence-electron chi connectivity index (χ1n) is 15.0. The van der Waals surface area contributed by atoms with Crippen molar-refractivity contribution in [3.05, 3.63) is 97.3 Å². The molecule has 3 unspecified atom stereocenters. The van der Waals surface area contributed by atoms with Gasteiger partial charge in [0, 0.05) is 43.1 Å². The maximum Gasteiger partial charge on any atom is 0.330 e. The van der Waals surface area contributed by atoms with Crippen LogP contribution in [0.2, 0.25) is 0 Å². The van der Waals surface area contributed by atoms with Crippen LogP contribution in [0.5, 0.6) is 5.88 Å². The monoisotopic (exact) mass is 611 g/mol. The van der Waals surface area contributed by atoms with Crippen molar-refractivity contribution in [2.45, 2.75) is 44.9 Å². The molecule has 4 aromatic rings. The van der Waals surface area contributed by atoms with Crippen LogP contribution in [0, 0.1) is 13.8 Å². The zero-order valence-corrected chi connectivity index (χ0v) is 26.0. The summed E-state index contributed by atoms with van der Waals surface area (Å²) < 4.78 is 13.4. The number of carbonyl (C=O) groups excluding carboxylic acids is 1. The SMILES string of the molecule is COc1nc(-c2cccc(-c3cccc(NC(=O)c4cn(C)c(=O)n(C)c4=O)c3C)c2C)cc2c1C(NC1COCC1O)CC2. The molecule has 0 spiro atoms. The minimum absolute atomic E-state index is 0.0202. The van der Waals surface area contributed by atoms with Crippen molar-refractivity contribution in [1.82, 2.24) is 19.4 Å². The molecule has 0 bridgehead atoms. The summed E-state index contributed by atoms with van der Waals surface area (Å²) in [7, 11) is 4.48. The maximum atomic E-state index is 13.2. The van der Waals surface area contributed by atoms with Crippen LogP contribution in [0.3, 0.4) is 0 Å². The molecule has 2 aromatic heterocycles. The van der Waals surface area contributed by atoms with Gasteiger partial charge in [0.1, 0.15) is 5.56 Å². The van der Waals surface area contributed by atoms with Crippen molar-refractivity contribution >= 4 is 11.6 Å². The molecule has 2 aliphatic rings. The number of ether oxygens (including phenoxy) is 2. The van der Waals surface area contributed by atoms with Gasteiger partial charge in [0.15, 0.2) is 0 Å². The number of pyridine rings is 1. The Balaban J connectivity index is 1.32. The molecule has 0 radical (unpaired) electrons. The minimum Gasteiger partial charge on any atom is -0.481 e. The lowest BCUT2D eigenvalue weighted by molar-refractivity contribution is 0.102. The lowest BCUT2D eigenvalue weighted by atomic mass is 9.91. The van der Waals surface area contributed by atoms with E-state index in [1.807, 2.05) is 37.3 Å². The fourth-order valence-corrected chi connectivity index (χ4v) is 6.45. The Kier molecular flexibility index (Phi) is 8.17. The fourth-order valence-electron chi connectivity index (χ4n) is 6.45. The van der Waals surface area contributed by atoms with E-state index in [9.17, 15) is 19.5 Å². The maximum absolute atomic E-state index is 13.2. The Morgan fingerprint density at radius 1 is 1.04 bits per heavy atom. The van der Waals surface area contributed by atoms with E-state index in [-0.39, 0.29) is 17.6 Å². The zero-order chi connectivity index (χ0) is 32.0. The molecule has 0 saturated carbocycles. The second kappa shape index (κ2) is 12.1. The van der Waals surface area contributed by atoms with Gasteiger partial charge >= 0.3 is 5.69 Å². The van der Waals surface area contributed by atoms with Crippen LogP contribution in [0.4, 0.5) is 5.69 Å². The average Bonchev–Trinajstić information content (AvgIpc) is 3.64. The van der Waals surface area contributed by atoms with Gasteiger partial charge in [0.2, 0.25) is 5.88 Å². The number of nitrogens with one attached hydrogen (secondary N) is 2. The number of rotatable bonds is 7. The molecule has 3 atom stereocenters. The Morgan fingerprint density at radius 2 is 1.76 bits per heavy atom. The molecule has 1 saturated heterocycles. The zero-order valence-electron chi connectivity index (χ0n) is 26.0. The van der Waals surface area contributed by atoms with Crippen molar-refractivity contribution in [2.24, 2.45) is 14.1 Å². The third kappa shape index (κ3) is 5.47. The highest BCUT2D eigenvalue weighted by Gasteiger charge is 2.34. The Morgan fingerprint density at radius 3 is 2.47 bits per heavy atom. The number of benzene rings is 2. The highest BCUT2D eigenvalue weighted by atomic mass is 16.5. The van der Waals surface area contributed by atoms with Crippen LogP contribution in [0.1, 0.15) is 45.1 Å². The standard InChI is InChI=1S/C34H37N5O6/c1-18-21(22-9-7-11-25(19(22)2)36-31(41)24-15-38(3)34(43)39(4)33(24)42)8-6-10-23(18)27-14-20-12-13-26(30(20)32(37-27)44-5)35-28-16-45-17-29(28)40/h6-11,14-15,26,28-29,35,40H,12-13,16-17H2,1-5H3,(H,36,41). The quantitative estimate of drug-likeness (QED) is 0.290. The molecule has 11 heteroatoms. The number of fused-ring (bicyclic) bond motifs is 1. The fraction of sp³-hybridized carbons (Fsp3) is 0.353. The molecule has 234 valence electrons. The first kappa shape index (κ1) is 30.4. The van der Waals surface area contributed by atoms with E-state index in [1.165, 1.54) is 24.9 Å². The summed E-state index contributed by atoms with van der Waals surface area (Å²) in [6, 6.07) is 13.7. The number of anilines is 1. The summed E-state index contributed by atoms with van der Waals surface area (Å²) in [5.41, 5.74) is 7.01. The Hall–Kier alpha value is -4.58. The van der Waals surface area contributed by atoms with Gasteiger partial charge < -0.3 is 29.8 Å². The summed E-state index contributed by atoms with van der Waals surface area (Å²) in [6.07, 6.45) is 2.46. The van der Waals surface area contributed by atoms with Crippen LogP contribution in [-0.2, 0) is 25.3 Å². The highest BCUT2D eigenvalue weighted by Crippen LogP contribution is 2.41. The molecule has 3 heterocycles. The van der Waals surface area contributed by atoms with E-state index >= 15 is 0 Å². The van der Waals surface area contributed by atoms with Gasteiger partial charge in [-0.05, 0) is 66.6 Å². The summed E-state index contributed by atoms with van der Waals surface area (Å²) in [6.45, 7) is 4.79. The van der Waals surface area contributed by atoms with Gasteiger partial charge in [0.05, 0.1) is 38.2 Å². The molecule has 1 aliphatic heterocycles. The van der Waals surface area contributed by atoms with Gasteiger partial charge in [-0.3, -0.25) is 14.2 Å². The summed E-state index contributed by atoms with van der Waals surface area (Å²) in [5, 5.41) is 16.7. The van der Waals surface area contributed by atoms with Gasteiger partial charge in [-0.15, -0.1) is 0 Å². The van der Waals surface area contributed by atoms with Crippen LogP contribution in [0.25, 0.3) is 22.4 Å². The molecule has 45 heavy (non-hydrogen) atoms. The van der Waals surface area contributed by atoms with Crippen molar-refractivity contribution in [2.75, 3.05) is 25.6 Å². The number of aromatic nitrogens is 3. The topological polar surface area (TPSA) is 137 Å². The number of aliphatic hydroxyl groups excluding tert-OH is 1. The van der Waals surface area contributed by atoms with Gasteiger partial charge in [0.25, 0.3) is 11.5 Å². The molecule has 3 N–H and O–H groups in total. The van der Waals surface area contributed by atoms with E-state index < -0.39 is 23.3 Å². The molecule has 1 fully saturated rings. The van der Waals surface area contributed by atoms with Gasteiger partial charge in [-0.2, -0.15) is 0 Å². The van der Waals surface area contributed by atoms with Crippen LogP contribution >= 0.6 is 0 Å². The Labute approximate surface area is 260 Å². The summed E-state index contributed by atoms with van der Waals surface area (Å²) in [4.78, 5) is 42.8. The molecule has 6 rings (SSSR count). The number of hydrogen-bond donors (Lipinski definition) is 3. The number of aliphatic hydroxyl groups is 1. The average molecular weight is 612 g/mol. The van der Waals surface area contributed by atoms with E-state index in [1.54, 1.807) is 13.2 Å². The number of aryl methyl sites for hydroxylation is 2. The molecular formula is C34H37N5O6. The van der Waals surface area contributed by atoms with Crippen molar-refractivity contribution in [1.29, 1.82) is 0 Å². The lowest BCUT2D eigenvalue weighted by Gasteiger charge is -2.22. The lowest BCUT2D eigenvalue weighted by Crippen LogP contribution is -2.40. The summed E-state index contributed by atoms with van der Waals surface area (Å²) >= 11 is 0. The first-order chi connectivity index (χ1) is 21.6. The minimum atomic E-state index is -0.655. The molecule has 1 aliphatic carbocycles. The normalized spacial score (nSPS) is 19.0. The van der Waals surface area contributed by atoms with E-state index in [4.69, 9.17) is 14.5 Å². The molecule has 2 aromatic carbocycles. The number of hydrogen-bond acceptors (Lipinski definition) is 8. The second-order valence-corrected chi connectivity index (χ2v) is 11.8. The Bertz CT molecular complexity index is 1930. The molecule has 1 amide bonds. The third-order valence-electron chi connectivity index (χ3n) is 8.99. The number of methoxy groups -OCH3 is 1. The number of nitrogens with zero attached hydrogens (tertiary/aromatic N) is 3. The van der Waals surface area contributed by atoms with Crippen LogP contribution < -0.4 is 26.6 Å². The smallest absolute Gasteiger partial charge is 0.330 e.